The highest BCUT2D eigenvalue weighted by Gasteiger charge is 2.30. The van der Waals surface area contributed by atoms with Crippen LogP contribution in [0.4, 0.5) is 5.69 Å². The first-order chi connectivity index (χ1) is 8.47. The van der Waals surface area contributed by atoms with Gasteiger partial charge in [-0.25, -0.2) is 8.42 Å². The molecule has 0 amide bonds. The zero-order valence-electron chi connectivity index (χ0n) is 10.8. The van der Waals surface area contributed by atoms with E-state index < -0.39 is 9.84 Å². The fourth-order valence-electron chi connectivity index (χ4n) is 2.74. The summed E-state index contributed by atoms with van der Waals surface area (Å²) in [6.07, 6.45) is 3.81. The molecule has 4 heteroatoms. The summed E-state index contributed by atoms with van der Waals surface area (Å²) in [5.74, 6) is 0.648. The van der Waals surface area contributed by atoms with Gasteiger partial charge < -0.3 is 5.73 Å². The molecule has 0 heterocycles. The molecule has 2 N–H and O–H groups in total. The van der Waals surface area contributed by atoms with Crippen molar-refractivity contribution in [3.8, 4) is 0 Å². The number of sulfone groups is 1. The van der Waals surface area contributed by atoms with Gasteiger partial charge in [-0.3, -0.25) is 0 Å². The molecule has 2 rings (SSSR count). The molecule has 1 aliphatic rings. The monoisotopic (exact) mass is 267 g/mol. The van der Waals surface area contributed by atoms with E-state index in [0.717, 1.165) is 31.2 Å². The van der Waals surface area contributed by atoms with Crippen LogP contribution in [0.25, 0.3) is 0 Å². The molecule has 1 aliphatic carbocycles. The molecule has 0 radical (unpaired) electrons. The second-order valence-electron chi connectivity index (χ2n) is 5.45. The number of nitrogen functional groups attached to an aromatic ring is 1. The molecule has 2 unspecified atom stereocenters. The second kappa shape index (κ2) is 5.31. The van der Waals surface area contributed by atoms with Crippen molar-refractivity contribution >= 4 is 15.5 Å². The van der Waals surface area contributed by atoms with Crippen LogP contribution in [0.15, 0.2) is 24.3 Å². The topological polar surface area (TPSA) is 60.2 Å². The molecule has 0 bridgehead atoms. The van der Waals surface area contributed by atoms with E-state index in [2.05, 4.69) is 6.92 Å². The summed E-state index contributed by atoms with van der Waals surface area (Å²) in [6.45, 7) is 2.14. The fourth-order valence-corrected chi connectivity index (χ4v) is 4.77. The molecule has 3 nitrogen and oxygen atoms in total. The smallest absolute Gasteiger partial charge is 0.157 e. The maximum absolute atomic E-state index is 12.4. The van der Waals surface area contributed by atoms with Crippen LogP contribution in [0.2, 0.25) is 0 Å². The van der Waals surface area contributed by atoms with Crippen LogP contribution >= 0.6 is 0 Å². The Kier molecular flexibility index (Phi) is 3.95. The van der Waals surface area contributed by atoms with Crippen LogP contribution in [0, 0.1) is 5.92 Å². The summed E-state index contributed by atoms with van der Waals surface area (Å²) in [5.41, 5.74) is 7.11. The third-order valence-corrected chi connectivity index (χ3v) is 5.89. The fraction of sp³-hybridized carbons (Fsp3) is 0.571. The van der Waals surface area contributed by atoms with E-state index in [1.807, 2.05) is 12.1 Å². The molecule has 0 aromatic heterocycles. The van der Waals surface area contributed by atoms with Gasteiger partial charge in [-0.1, -0.05) is 31.9 Å². The summed E-state index contributed by atoms with van der Waals surface area (Å²) in [4.78, 5) is 0. The molecule has 1 aromatic carbocycles. The molecule has 0 spiro atoms. The largest absolute Gasteiger partial charge is 0.399 e. The third kappa shape index (κ3) is 3.25. The van der Waals surface area contributed by atoms with Crippen molar-refractivity contribution in [2.75, 3.05) is 5.73 Å². The summed E-state index contributed by atoms with van der Waals surface area (Å²) in [5, 5.41) is -0.164. The Morgan fingerprint density at radius 3 is 2.78 bits per heavy atom. The van der Waals surface area contributed by atoms with Gasteiger partial charge in [0.25, 0.3) is 0 Å². The van der Waals surface area contributed by atoms with E-state index in [0.29, 0.717) is 11.6 Å². The standard InChI is InChI=1S/C14H21NO2S/c1-11-4-2-7-14(8-11)18(16,17)10-12-5-3-6-13(15)9-12/h3,5-6,9,11,14H,2,4,7-8,10,15H2,1H3. The molecule has 0 saturated heterocycles. The average molecular weight is 267 g/mol. The third-order valence-electron chi connectivity index (χ3n) is 3.72. The van der Waals surface area contributed by atoms with Crippen molar-refractivity contribution in [3.05, 3.63) is 29.8 Å². The van der Waals surface area contributed by atoms with Gasteiger partial charge >= 0.3 is 0 Å². The van der Waals surface area contributed by atoms with E-state index in [4.69, 9.17) is 5.73 Å². The van der Waals surface area contributed by atoms with E-state index in [-0.39, 0.29) is 11.0 Å². The van der Waals surface area contributed by atoms with Gasteiger partial charge in [0.05, 0.1) is 11.0 Å². The number of hydrogen-bond donors (Lipinski definition) is 1. The Morgan fingerprint density at radius 2 is 2.11 bits per heavy atom. The summed E-state index contributed by atoms with van der Waals surface area (Å²) in [7, 11) is -3.04. The van der Waals surface area contributed by atoms with Gasteiger partial charge in [-0.05, 0) is 36.5 Å². The Bertz CT molecular complexity index is 510. The van der Waals surface area contributed by atoms with Crippen LogP contribution in [0.5, 0.6) is 0 Å². The minimum atomic E-state index is -3.04. The minimum absolute atomic E-state index is 0.120. The number of hydrogen-bond acceptors (Lipinski definition) is 3. The first-order valence-electron chi connectivity index (χ1n) is 6.53. The number of nitrogens with two attached hydrogens (primary N) is 1. The van der Waals surface area contributed by atoms with Gasteiger partial charge in [0.15, 0.2) is 9.84 Å². The highest BCUT2D eigenvalue weighted by atomic mass is 32.2. The quantitative estimate of drug-likeness (QED) is 0.857. The lowest BCUT2D eigenvalue weighted by Crippen LogP contribution is -2.28. The Balaban J connectivity index is 2.11. The van der Waals surface area contributed by atoms with Crippen molar-refractivity contribution in [2.24, 2.45) is 5.92 Å². The molecule has 0 aliphatic heterocycles. The van der Waals surface area contributed by atoms with Crippen molar-refractivity contribution in [1.82, 2.24) is 0 Å². The molecular formula is C14H21NO2S. The van der Waals surface area contributed by atoms with Crippen molar-refractivity contribution in [3.63, 3.8) is 0 Å². The molecule has 1 saturated carbocycles. The van der Waals surface area contributed by atoms with Crippen molar-refractivity contribution in [1.29, 1.82) is 0 Å². The van der Waals surface area contributed by atoms with Crippen LogP contribution in [-0.4, -0.2) is 13.7 Å². The Labute approximate surface area is 109 Å². The van der Waals surface area contributed by atoms with E-state index in [1.54, 1.807) is 12.1 Å². The normalized spacial score (nSPS) is 24.9. The van der Waals surface area contributed by atoms with Crippen LogP contribution in [0.1, 0.15) is 38.2 Å². The van der Waals surface area contributed by atoms with Gasteiger partial charge in [-0.15, -0.1) is 0 Å². The molecule has 18 heavy (non-hydrogen) atoms. The Hall–Kier alpha value is -1.03. The molecule has 1 fully saturated rings. The highest BCUT2D eigenvalue weighted by molar-refractivity contribution is 7.91. The van der Waals surface area contributed by atoms with Crippen LogP contribution < -0.4 is 5.73 Å². The minimum Gasteiger partial charge on any atom is -0.399 e. The molecular weight excluding hydrogens is 246 g/mol. The molecule has 2 atom stereocenters. The van der Waals surface area contributed by atoms with E-state index in [1.165, 1.54) is 0 Å². The maximum Gasteiger partial charge on any atom is 0.157 e. The van der Waals surface area contributed by atoms with Crippen LogP contribution in [-0.2, 0) is 15.6 Å². The first kappa shape index (κ1) is 13.4. The SMILES string of the molecule is CC1CCCC(S(=O)(=O)Cc2cccc(N)c2)C1. The summed E-state index contributed by atoms with van der Waals surface area (Å²) in [6, 6.07) is 7.17. The van der Waals surface area contributed by atoms with E-state index in [9.17, 15) is 8.42 Å². The van der Waals surface area contributed by atoms with Gasteiger partial charge in [0.1, 0.15) is 0 Å². The van der Waals surface area contributed by atoms with Gasteiger partial charge in [-0.2, -0.15) is 0 Å². The van der Waals surface area contributed by atoms with Crippen molar-refractivity contribution in [2.45, 2.75) is 43.6 Å². The first-order valence-corrected chi connectivity index (χ1v) is 8.25. The summed E-state index contributed by atoms with van der Waals surface area (Å²) < 4.78 is 24.7. The lowest BCUT2D eigenvalue weighted by molar-refractivity contribution is 0.382. The van der Waals surface area contributed by atoms with Crippen LogP contribution in [0.3, 0.4) is 0 Å². The highest BCUT2D eigenvalue weighted by Crippen LogP contribution is 2.30. The molecule has 100 valence electrons. The number of rotatable bonds is 3. The predicted molar refractivity (Wildman–Crippen MR) is 74.9 cm³/mol. The lowest BCUT2D eigenvalue weighted by Gasteiger charge is -2.26. The molecule has 1 aromatic rings. The number of benzene rings is 1. The van der Waals surface area contributed by atoms with E-state index >= 15 is 0 Å². The predicted octanol–water partition coefficient (Wildman–Crippen LogP) is 2.76. The second-order valence-corrected chi connectivity index (χ2v) is 7.73. The maximum atomic E-state index is 12.4. The van der Waals surface area contributed by atoms with Crippen molar-refractivity contribution < 1.29 is 8.42 Å². The average Bonchev–Trinajstić information content (AvgIpc) is 2.28. The Morgan fingerprint density at radius 1 is 1.33 bits per heavy atom. The zero-order chi connectivity index (χ0) is 13.2. The summed E-state index contributed by atoms with van der Waals surface area (Å²) >= 11 is 0. The lowest BCUT2D eigenvalue weighted by atomic mass is 9.91. The number of anilines is 1. The van der Waals surface area contributed by atoms with Gasteiger partial charge in [0, 0.05) is 5.69 Å². The zero-order valence-corrected chi connectivity index (χ0v) is 11.6. The van der Waals surface area contributed by atoms with Gasteiger partial charge in [0.2, 0.25) is 0 Å².